The molecule has 0 aliphatic rings. The van der Waals surface area contributed by atoms with Crippen LogP contribution in [0.5, 0.6) is 11.5 Å². The van der Waals surface area contributed by atoms with Gasteiger partial charge in [-0.15, -0.1) is 11.3 Å². The van der Waals surface area contributed by atoms with Crippen LogP contribution >= 0.6 is 11.3 Å². The van der Waals surface area contributed by atoms with Crippen LogP contribution in [-0.2, 0) is 6.54 Å². The van der Waals surface area contributed by atoms with E-state index in [1.807, 2.05) is 18.2 Å². The molecular weight excluding hydrogens is 272 g/mol. The number of hydrogen-bond acceptors (Lipinski definition) is 5. The van der Waals surface area contributed by atoms with E-state index >= 15 is 0 Å². The smallest absolute Gasteiger partial charge is 0.170 e. The first kappa shape index (κ1) is 14.8. The van der Waals surface area contributed by atoms with Gasteiger partial charge in [0.1, 0.15) is 5.01 Å². The van der Waals surface area contributed by atoms with Gasteiger partial charge in [-0.3, -0.25) is 0 Å². The summed E-state index contributed by atoms with van der Waals surface area (Å²) in [6, 6.07) is 5.84. The van der Waals surface area contributed by atoms with Crippen LogP contribution in [0.4, 0.5) is 0 Å². The van der Waals surface area contributed by atoms with Gasteiger partial charge in [0.25, 0.3) is 0 Å². The summed E-state index contributed by atoms with van der Waals surface area (Å²) >= 11 is 1.62. The molecule has 1 aromatic heterocycles. The van der Waals surface area contributed by atoms with Crippen molar-refractivity contribution in [3.8, 4) is 22.1 Å². The van der Waals surface area contributed by atoms with E-state index in [9.17, 15) is 0 Å². The van der Waals surface area contributed by atoms with E-state index in [0.29, 0.717) is 0 Å². The number of nitrogens with zero attached hydrogens (tertiary/aromatic N) is 1. The lowest BCUT2D eigenvalue weighted by molar-refractivity contribution is 0.356. The van der Waals surface area contributed by atoms with Crippen LogP contribution < -0.4 is 14.8 Å². The molecule has 1 N–H and O–H groups in total. The second-order valence-electron chi connectivity index (χ2n) is 4.36. The fraction of sp³-hybridized carbons (Fsp3) is 0.400. The van der Waals surface area contributed by atoms with E-state index in [1.54, 1.807) is 25.6 Å². The Hall–Kier alpha value is -1.59. The van der Waals surface area contributed by atoms with Gasteiger partial charge in [0.05, 0.1) is 25.5 Å². The molecule has 0 spiro atoms. The Balaban J connectivity index is 2.23. The molecule has 0 aliphatic heterocycles. The molecule has 0 radical (unpaired) electrons. The number of thiazole rings is 1. The molecule has 0 saturated carbocycles. The van der Waals surface area contributed by atoms with Crippen LogP contribution in [0.25, 0.3) is 10.6 Å². The molecule has 0 bridgehead atoms. The van der Waals surface area contributed by atoms with Crippen molar-refractivity contribution >= 4 is 11.3 Å². The molecule has 2 aromatic rings. The number of nitrogens with one attached hydrogen (secondary N) is 1. The predicted molar refractivity (Wildman–Crippen MR) is 82.7 cm³/mol. The van der Waals surface area contributed by atoms with Gasteiger partial charge in [-0.05, 0) is 25.1 Å². The summed E-state index contributed by atoms with van der Waals surface area (Å²) in [6.07, 6.45) is 1.13. The highest BCUT2D eigenvalue weighted by Gasteiger charge is 2.14. The minimum Gasteiger partial charge on any atom is -0.493 e. The fourth-order valence-electron chi connectivity index (χ4n) is 1.96. The van der Waals surface area contributed by atoms with Crippen molar-refractivity contribution in [3.63, 3.8) is 0 Å². The summed E-state index contributed by atoms with van der Waals surface area (Å²) in [5.74, 6) is 1.46. The molecule has 108 valence electrons. The number of methoxy groups -OCH3 is 2. The molecule has 5 heteroatoms. The van der Waals surface area contributed by atoms with Crippen LogP contribution in [0.1, 0.15) is 19.0 Å². The Labute approximate surface area is 123 Å². The van der Waals surface area contributed by atoms with E-state index in [-0.39, 0.29) is 0 Å². The van der Waals surface area contributed by atoms with Crippen LogP contribution in [0.3, 0.4) is 0 Å². The average Bonchev–Trinajstić information content (AvgIpc) is 2.95. The second kappa shape index (κ2) is 7.26. The third-order valence-corrected chi connectivity index (χ3v) is 3.84. The quantitative estimate of drug-likeness (QED) is 0.795. The Morgan fingerprint density at radius 2 is 2.10 bits per heavy atom. The minimum absolute atomic E-state index is 0.728. The van der Waals surface area contributed by atoms with Crippen molar-refractivity contribution in [3.05, 3.63) is 29.3 Å². The first-order valence-electron chi connectivity index (χ1n) is 6.66. The molecule has 0 fully saturated rings. The van der Waals surface area contributed by atoms with Gasteiger partial charge >= 0.3 is 0 Å². The normalized spacial score (nSPS) is 10.6. The van der Waals surface area contributed by atoms with E-state index in [4.69, 9.17) is 9.47 Å². The minimum atomic E-state index is 0.728. The lowest BCUT2D eigenvalue weighted by Crippen LogP contribution is -2.13. The SMILES string of the molecule is CCCNCc1csc(-c2cccc(OC)c2OC)n1. The summed E-state index contributed by atoms with van der Waals surface area (Å²) in [5, 5.41) is 6.39. The molecule has 0 aliphatic carbocycles. The van der Waals surface area contributed by atoms with Crippen molar-refractivity contribution in [2.75, 3.05) is 20.8 Å². The third-order valence-electron chi connectivity index (χ3n) is 2.92. The van der Waals surface area contributed by atoms with Crippen LogP contribution in [0.15, 0.2) is 23.6 Å². The zero-order valence-corrected chi connectivity index (χ0v) is 12.9. The first-order chi connectivity index (χ1) is 9.80. The van der Waals surface area contributed by atoms with Gasteiger partial charge in [-0.2, -0.15) is 0 Å². The van der Waals surface area contributed by atoms with Gasteiger partial charge in [0, 0.05) is 11.9 Å². The maximum Gasteiger partial charge on any atom is 0.170 e. The number of ether oxygens (including phenoxy) is 2. The molecule has 4 nitrogen and oxygen atoms in total. The van der Waals surface area contributed by atoms with Gasteiger partial charge in [0.2, 0.25) is 0 Å². The van der Waals surface area contributed by atoms with Crippen molar-refractivity contribution in [1.82, 2.24) is 10.3 Å². The summed E-state index contributed by atoms with van der Waals surface area (Å²) in [4.78, 5) is 4.66. The van der Waals surface area contributed by atoms with Crippen molar-refractivity contribution in [2.45, 2.75) is 19.9 Å². The number of aromatic nitrogens is 1. The molecule has 0 atom stereocenters. The number of benzene rings is 1. The van der Waals surface area contributed by atoms with E-state index in [0.717, 1.165) is 47.3 Å². The van der Waals surface area contributed by atoms with Crippen LogP contribution in [0.2, 0.25) is 0 Å². The first-order valence-corrected chi connectivity index (χ1v) is 7.54. The molecular formula is C15H20N2O2S. The van der Waals surface area contributed by atoms with E-state index in [1.165, 1.54) is 0 Å². The van der Waals surface area contributed by atoms with E-state index in [2.05, 4.69) is 22.6 Å². The monoisotopic (exact) mass is 292 g/mol. The Morgan fingerprint density at radius 1 is 1.25 bits per heavy atom. The van der Waals surface area contributed by atoms with Crippen molar-refractivity contribution < 1.29 is 9.47 Å². The second-order valence-corrected chi connectivity index (χ2v) is 5.22. The number of para-hydroxylation sites is 1. The lowest BCUT2D eigenvalue weighted by Gasteiger charge is -2.10. The van der Waals surface area contributed by atoms with E-state index < -0.39 is 0 Å². The van der Waals surface area contributed by atoms with Gasteiger partial charge in [-0.25, -0.2) is 4.98 Å². The maximum atomic E-state index is 5.46. The number of hydrogen-bond donors (Lipinski definition) is 1. The zero-order chi connectivity index (χ0) is 14.4. The standard InChI is InChI=1S/C15H20N2O2S/c1-4-8-16-9-11-10-20-15(17-11)12-6-5-7-13(18-2)14(12)19-3/h5-7,10,16H,4,8-9H2,1-3H3. The summed E-state index contributed by atoms with van der Waals surface area (Å²) in [7, 11) is 3.29. The summed E-state index contributed by atoms with van der Waals surface area (Å²) in [5.41, 5.74) is 2.03. The maximum absolute atomic E-state index is 5.46. The highest BCUT2D eigenvalue weighted by Crippen LogP contribution is 2.38. The van der Waals surface area contributed by atoms with Gasteiger partial charge in [-0.1, -0.05) is 13.0 Å². The van der Waals surface area contributed by atoms with Crippen molar-refractivity contribution in [2.24, 2.45) is 0 Å². The number of rotatable bonds is 7. The summed E-state index contributed by atoms with van der Waals surface area (Å²) in [6.45, 7) is 3.96. The van der Waals surface area contributed by atoms with Crippen LogP contribution in [-0.4, -0.2) is 25.7 Å². The van der Waals surface area contributed by atoms with Gasteiger partial charge in [0.15, 0.2) is 11.5 Å². The largest absolute Gasteiger partial charge is 0.493 e. The highest BCUT2D eigenvalue weighted by atomic mass is 32.1. The zero-order valence-electron chi connectivity index (χ0n) is 12.1. The molecule has 0 amide bonds. The highest BCUT2D eigenvalue weighted by molar-refractivity contribution is 7.13. The molecule has 2 rings (SSSR count). The van der Waals surface area contributed by atoms with Crippen LogP contribution in [0, 0.1) is 0 Å². The molecule has 1 heterocycles. The lowest BCUT2D eigenvalue weighted by atomic mass is 10.2. The molecule has 0 unspecified atom stereocenters. The van der Waals surface area contributed by atoms with Crippen molar-refractivity contribution in [1.29, 1.82) is 0 Å². The Morgan fingerprint density at radius 3 is 2.80 bits per heavy atom. The average molecular weight is 292 g/mol. The molecule has 1 aromatic carbocycles. The third kappa shape index (κ3) is 3.29. The Kier molecular flexibility index (Phi) is 5.38. The molecule has 20 heavy (non-hydrogen) atoms. The Bertz CT molecular complexity index is 555. The predicted octanol–water partition coefficient (Wildman–Crippen LogP) is 3.33. The molecule has 0 saturated heterocycles. The fourth-order valence-corrected chi connectivity index (χ4v) is 2.80. The topological polar surface area (TPSA) is 43.4 Å². The van der Waals surface area contributed by atoms with Gasteiger partial charge < -0.3 is 14.8 Å². The summed E-state index contributed by atoms with van der Waals surface area (Å²) < 4.78 is 10.8.